The molecule has 0 saturated heterocycles. The van der Waals surface area contributed by atoms with E-state index >= 15 is 0 Å². The quantitative estimate of drug-likeness (QED) is 0.843. The van der Waals surface area contributed by atoms with Gasteiger partial charge in [0.2, 0.25) is 5.91 Å². The van der Waals surface area contributed by atoms with Gasteiger partial charge < -0.3 is 14.6 Å². The first-order chi connectivity index (χ1) is 13.1. The number of halogens is 3. The molecule has 1 aliphatic heterocycles. The van der Waals surface area contributed by atoms with Crippen LogP contribution >= 0.6 is 0 Å². The van der Waals surface area contributed by atoms with Gasteiger partial charge in [-0.3, -0.25) is 4.79 Å². The second kappa shape index (κ2) is 7.27. The van der Waals surface area contributed by atoms with Crippen LogP contribution in [-0.4, -0.2) is 47.9 Å². The predicted octanol–water partition coefficient (Wildman–Crippen LogP) is 3.13. The van der Waals surface area contributed by atoms with Crippen LogP contribution < -0.4 is 9.47 Å². The van der Waals surface area contributed by atoms with Crippen molar-refractivity contribution in [3.8, 4) is 11.5 Å². The number of carbonyl (C=O) groups is 1. The van der Waals surface area contributed by atoms with E-state index in [0.29, 0.717) is 29.9 Å². The molecule has 1 fully saturated rings. The smallest absolute Gasteiger partial charge is 0.439 e. The van der Waals surface area contributed by atoms with Crippen molar-refractivity contribution in [2.24, 2.45) is 16.9 Å². The zero-order valence-electron chi connectivity index (χ0n) is 15.9. The van der Waals surface area contributed by atoms with E-state index in [4.69, 9.17) is 9.47 Å². The lowest BCUT2D eigenvalue weighted by Crippen LogP contribution is -2.62. The fraction of sp³-hybridized carbons (Fsp3) is 0.579. The van der Waals surface area contributed by atoms with Crippen LogP contribution in [0.3, 0.4) is 0 Å². The SMILES string of the molecule is COc1ccc(CC(=O)N2N=C3CC[C@H](C)C[C@@H]3[C@]2(O)C(F)(F)F)cc1OC. The number of fused-ring (bicyclic) bond motifs is 1. The van der Waals surface area contributed by atoms with Crippen molar-refractivity contribution in [2.45, 2.75) is 44.5 Å². The molecule has 0 bridgehead atoms. The van der Waals surface area contributed by atoms with Crippen LogP contribution in [0.15, 0.2) is 23.3 Å². The highest BCUT2D eigenvalue weighted by Gasteiger charge is 2.68. The van der Waals surface area contributed by atoms with Gasteiger partial charge in [0.1, 0.15) is 0 Å². The van der Waals surface area contributed by atoms with Crippen molar-refractivity contribution < 1.29 is 32.5 Å². The van der Waals surface area contributed by atoms with Crippen molar-refractivity contribution in [2.75, 3.05) is 14.2 Å². The number of nitrogens with zero attached hydrogens (tertiary/aromatic N) is 2. The summed E-state index contributed by atoms with van der Waals surface area (Å²) in [6.45, 7) is 1.84. The van der Waals surface area contributed by atoms with Crippen molar-refractivity contribution in [1.29, 1.82) is 0 Å². The lowest BCUT2D eigenvalue weighted by Gasteiger charge is -2.39. The molecule has 9 heteroatoms. The zero-order valence-corrected chi connectivity index (χ0v) is 15.9. The fourth-order valence-electron chi connectivity index (χ4n) is 3.90. The Bertz CT molecular complexity index is 796. The number of amides is 1. The second-order valence-electron chi connectivity index (χ2n) is 7.32. The molecule has 154 valence electrons. The summed E-state index contributed by atoms with van der Waals surface area (Å²) in [5.74, 6) is -1.35. The van der Waals surface area contributed by atoms with E-state index in [1.54, 1.807) is 12.1 Å². The Balaban J connectivity index is 1.90. The summed E-state index contributed by atoms with van der Waals surface area (Å²) < 4.78 is 51.8. The largest absolute Gasteiger partial charge is 0.493 e. The van der Waals surface area contributed by atoms with Gasteiger partial charge in [-0.05, 0) is 42.9 Å². The third-order valence-electron chi connectivity index (χ3n) is 5.43. The average molecular weight is 400 g/mol. The Labute approximate surface area is 160 Å². The van der Waals surface area contributed by atoms with Crippen LogP contribution in [0.5, 0.6) is 11.5 Å². The van der Waals surface area contributed by atoms with Crippen LogP contribution in [0.1, 0.15) is 31.7 Å². The summed E-state index contributed by atoms with van der Waals surface area (Å²) in [4.78, 5) is 12.7. The van der Waals surface area contributed by atoms with Crippen LogP contribution in [-0.2, 0) is 11.2 Å². The number of ether oxygens (including phenoxy) is 2. The number of alkyl halides is 3. The van der Waals surface area contributed by atoms with E-state index in [1.807, 2.05) is 6.92 Å². The lowest BCUT2D eigenvalue weighted by atomic mass is 9.76. The highest BCUT2D eigenvalue weighted by Crippen LogP contribution is 2.49. The minimum absolute atomic E-state index is 0.0127. The maximum absolute atomic E-state index is 13.9. The minimum Gasteiger partial charge on any atom is -0.493 e. The highest BCUT2D eigenvalue weighted by molar-refractivity contribution is 5.93. The molecule has 2 aliphatic rings. The van der Waals surface area contributed by atoms with Crippen LogP contribution in [0.25, 0.3) is 0 Å². The number of hydrazone groups is 1. The molecular weight excluding hydrogens is 377 g/mol. The number of carbonyl (C=O) groups excluding carboxylic acids is 1. The number of methoxy groups -OCH3 is 2. The van der Waals surface area contributed by atoms with E-state index in [1.165, 1.54) is 20.3 Å². The standard InChI is InChI=1S/C19H23F3N2O4/c1-11-4-6-14-13(8-11)18(26,19(20,21)22)24(23-14)17(25)10-12-5-7-15(27-2)16(9-12)28-3/h5,7,9,11,13,26H,4,6,8,10H2,1-3H3/t11-,13-,18-/m0/s1. The number of hydrogen-bond acceptors (Lipinski definition) is 5. The Kier molecular flexibility index (Phi) is 5.31. The monoisotopic (exact) mass is 400 g/mol. The molecule has 6 nitrogen and oxygen atoms in total. The normalized spacial score (nSPS) is 27.2. The van der Waals surface area contributed by atoms with Crippen molar-refractivity contribution in [3.05, 3.63) is 23.8 Å². The topological polar surface area (TPSA) is 71.4 Å². The predicted molar refractivity (Wildman–Crippen MR) is 95.0 cm³/mol. The van der Waals surface area contributed by atoms with Gasteiger partial charge in [-0.1, -0.05) is 13.0 Å². The second-order valence-corrected chi connectivity index (χ2v) is 7.32. The number of aliphatic hydroxyl groups is 1. The zero-order chi connectivity index (χ0) is 20.7. The first-order valence-corrected chi connectivity index (χ1v) is 9.02. The number of benzene rings is 1. The first kappa shape index (κ1) is 20.4. The highest BCUT2D eigenvalue weighted by atomic mass is 19.4. The third kappa shape index (κ3) is 3.32. The molecular formula is C19H23F3N2O4. The van der Waals surface area contributed by atoms with Crippen molar-refractivity contribution in [3.63, 3.8) is 0 Å². The van der Waals surface area contributed by atoms with Crippen LogP contribution in [0, 0.1) is 11.8 Å². The molecule has 0 spiro atoms. The van der Waals surface area contributed by atoms with Crippen LogP contribution in [0.4, 0.5) is 13.2 Å². The number of hydrogen-bond donors (Lipinski definition) is 1. The first-order valence-electron chi connectivity index (χ1n) is 9.02. The van der Waals surface area contributed by atoms with E-state index in [2.05, 4.69) is 5.10 Å². The van der Waals surface area contributed by atoms with Gasteiger partial charge in [-0.15, -0.1) is 0 Å². The lowest BCUT2D eigenvalue weighted by molar-refractivity contribution is -0.317. The van der Waals surface area contributed by atoms with E-state index in [9.17, 15) is 23.1 Å². The summed E-state index contributed by atoms with van der Waals surface area (Å²) in [5, 5.41) is 14.8. The van der Waals surface area contributed by atoms with Gasteiger partial charge in [-0.2, -0.15) is 23.3 Å². The number of rotatable bonds is 4. The molecule has 0 aromatic heterocycles. The van der Waals surface area contributed by atoms with Gasteiger partial charge in [0.25, 0.3) is 5.72 Å². The molecule has 0 unspecified atom stereocenters. The van der Waals surface area contributed by atoms with Gasteiger partial charge in [-0.25, -0.2) is 0 Å². The van der Waals surface area contributed by atoms with Gasteiger partial charge in [0.05, 0.1) is 26.6 Å². The molecule has 3 rings (SSSR count). The molecule has 1 aliphatic carbocycles. The summed E-state index contributed by atoms with van der Waals surface area (Å²) in [6, 6.07) is 4.64. The molecule has 0 radical (unpaired) electrons. The molecule has 1 amide bonds. The summed E-state index contributed by atoms with van der Waals surface area (Å²) in [6.07, 6.45) is -4.23. The summed E-state index contributed by atoms with van der Waals surface area (Å²) in [7, 11) is 2.87. The Morgan fingerprint density at radius 3 is 2.61 bits per heavy atom. The van der Waals surface area contributed by atoms with E-state index in [-0.39, 0.29) is 29.5 Å². The van der Waals surface area contributed by atoms with Crippen molar-refractivity contribution in [1.82, 2.24) is 5.01 Å². The van der Waals surface area contributed by atoms with Gasteiger partial charge in [0, 0.05) is 5.71 Å². The molecule has 3 atom stereocenters. The maximum Gasteiger partial charge on any atom is 0.439 e. The van der Waals surface area contributed by atoms with Gasteiger partial charge in [0.15, 0.2) is 11.5 Å². The van der Waals surface area contributed by atoms with E-state index in [0.717, 1.165) is 0 Å². The molecule has 1 heterocycles. The Morgan fingerprint density at radius 1 is 1.32 bits per heavy atom. The molecule has 1 saturated carbocycles. The van der Waals surface area contributed by atoms with Crippen molar-refractivity contribution >= 4 is 11.6 Å². The molecule has 1 aromatic rings. The Hall–Kier alpha value is -2.29. The average Bonchev–Trinajstić information content (AvgIpc) is 2.95. The Morgan fingerprint density at radius 2 is 2.00 bits per heavy atom. The summed E-state index contributed by atoms with van der Waals surface area (Å²) in [5.41, 5.74) is -2.65. The third-order valence-corrected chi connectivity index (χ3v) is 5.43. The van der Waals surface area contributed by atoms with Crippen LogP contribution in [0.2, 0.25) is 0 Å². The molecule has 28 heavy (non-hydrogen) atoms. The van der Waals surface area contributed by atoms with Gasteiger partial charge >= 0.3 is 6.18 Å². The summed E-state index contributed by atoms with van der Waals surface area (Å²) >= 11 is 0. The fourth-order valence-corrected chi connectivity index (χ4v) is 3.90. The molecule has 1 aromatic carbocycles. The molecule has 1 N–H and O–H groups in total. The minimum atomic E-state index is -5.02. The maximum atomic E-state index is 13.9. The van der Waals surface area contributed by atoms with E-state index < -0.39 is 23.7 Å².